The van der Waals surface area contributed by atoms with Crippen LogP contribution in [-0.2, 0) is 6.18 Å². The van der Waals surface area contributed by atoms with Gasteiger partial charge in [-0.25, -0.2) is 0 Å². The Morgan fingerprint density at radius 1 is 1.25 bits per heavy atom. The highest BCUT2D eigenvalue weighted by Gasteiger charge is 2.32. The largest absolute Gasteiger partial charge is 0.435 e. The first-order valence-corrected chi connectivity index (χ1v) is 6.82. The fourth-order valence-corrected chi connectivity index (χ4v) is 2.47. The molecule has 0 atom stereocenters. The lowest BCUT2D eigenvalue weighted by Gasteiger charge is -2.23. The molecule has 0 unspecified atom stereocenters. The Morgan fingerprint density at radius 3 is 2.50 bits per heavy atom. The Hall–Kier alpha value is -1.37. The van der Waals surface area contributed by atoms with Crippen molar-refractivity contribution in [2.24, 2.45) is 0 Å². The summed E-state index contributed by atoms with van der Waals surface area (Å²) in [5.74, 6) is 0.373. The van der Waals surface area contributed by atoms with E-state index in [0.29, 0.717) is 18.4 Å². The summed E-state index contributed by atoms with van der Waals surface area (Å²) in [6, 6.07) is 2.89. The van der Waals surface area contributed by atoms with Crippen LogP contribution in [0.2, 0.25) is 0 Å². The van der Waals surface area contributed by atoms with Gasteiger partial charge in [0.15, 0.2) is 5.69 Å². The Labute approximate surface area is 116 Å². The summed E-state index contributed by atoms with van der Waals surface area (Å²) in [7, 11) is 2.08. The van der Waals surface area contributed by atoms with Crippen LogP contribution in [-0.4, -0.2) is 41.3 Å². The van der Waals surface area contributed by atoms with Crippen LogP contribution < -0.4 is 5.32 Å². The van der Waals surface area contributed by atoms with Gasteiger partial charge in [-0.1, -0.05) is 12.8 Å². The van der Waals surface area contributed by atoms with E-state index in [1.54, 1.807) is 0 Å². The van der Waals surface area contributed by atoms with Gasteiger partial charge in [0.05, 0.1) is 0 Å². The number of alkyl halides is 3. The molecule has 1 aliphatic carbocycles. The van der Waals surface area contributed by atoms with Crippen LogP contribution in [0, 0.1) is 0 Å². The molecule has 0 spiro atoms. The second-order valence-electron chi connectivity index (χ2n) is 5.15. The lowest BCUT2D eigenvalue weighted by atomic mass is 10.2. The third-order valence-electron chi connectivity index (χ3n) is 3.67. The van der Waals surface area contributed by atoms with Crippen molar-refractivity contribution < 1.29 is 13.2 Å². The lowest BCUT2D eigenvalue weighted by molar-refractivity contribution is -0.141. The van der Waals surface area contributed by atoms with Crippen molar-refractivity contribution in [2.45, 2.75) is 37.9 Å². The zero-order chi connectivity index (χ0) is 14.6. The highest BCUT2D eigenvalue weighted by atomic mass is 19.4. The van der Waals surface area contributed by atoms with E-state index in [2.05, 4.69) is 27.5 Å². The van der Waals surface area contributed by atoms with Gasteiger partial charge in [0, 0.05) is 19.1 Å². The molecule has 1 fully saturated rings. The molecule has 20 heavy (non-hydrogen) atoms. The second kappa shape index (κ2) is 6.39. The first kappa shape index (κ1) is 15.0. The van der Waals surface area contributed by atoms with E-state index < -0.39 is 11.9 Å². The first-order chi connectivity index (χ1) is 9.47. The molecule has 0 aliphatic heterocycles. The van der Waals surface area contributed by atoms with Crippen LogP contribution >= 0.6 is 0 Å². The fraction of sp³-hybridized carbons (Fsp3) is 0.692. The molecular formula is C13H19F3N4. The normalized spacial score (nSPS) is 16.9. The van der Waals surface area contributed by atoms with E-state index in [4.69, 9.17) is 0 Å². The molecule has 1 N–H and O–H groups in total. The molecule has 1 saturated carbocycles. The number of nitrogens with zero attached hydrogens (tertiary/aromatic N) is 3. The van der Waals surface area contributed by atoms with Gasteiger partial charge < -0.3 is 10.2 Å². The van der Waals surface area contributed by atoms with Gasteiger partial charge in [-0.15, -0.1) is 10.2 Å². The van der Waals surface area contributed by atoms with E-state index in [1.807, 2.05) is 0 Å². The summed E-state index contributed by atoms with van der Waals surface area (Å²) >= 11 is 0. The highest BCUT2D eigenvalue weighted by molar-refractivity contribution is 5.33. The highest BCUT2D eigenvalue weighted by Crippen LogP contribution is 2.27. The van der Waals surface area contributed by atoms with Crippen LogP contribution in [0.5, 0.6) is 0 Å². The smallest absolute Gasteiger partial charge is 0.367 e. The minimum Gasteiger partial charge on any atom is -0.367 e. The first-order valence-electron chi connectivity index (χ1n) is 6.82. The van der Waals surface area contributed by atoms with E-state index in [0.717, 1.165) is 12.6 Å². The van der Waals surface area contributed by atoms with Crippen molar-refractivity contribution in [3.63, 3.8) is 0 Å². The van der Waals surface area contributed by atoms with Crippen LogP contribution in [0.4, 0.5) is 19.0 Å². The molecule has 1 heterocycles. The van der Waals surface area contributed by atoms with Crippen molar-refractivity contribution in [1.29, 1.82) is 0 Å². The summed E-state index contributed by atoms with van der Waals surface area (Å²) in [6.07, 6.45) is 0.598. The van der Waals surface area contributed by atoms with Crippen molar-refractivity contribution >= 4 is 5.82 Å². The van der Waals surface area contributed by atoms with Gasteiger partial charge in [0.2, 0.25) is 0 Å². The summed E-state index contributed by atoms with van der Waals surface area (Å²) in [5.41, 5.74) is -0.967. The minimum absolute atomic E-state index is 0.373. The van der Waals surface area contributed by atoms with Gasteiger partial charge in [-0.3, -0.25) is 0 Å². The zero-order valence-corrected chi connectivity index (χ0v) is 11.5. The van der Waals surface area contributed by atoms with Crippen molar-refractivity contribution in [3.8, 4) is 0 Å². The molecule has 0 bridgehead atoms. The summed E-state index contributed by atoms with van der Waals surface area (Å²) in [4.78, 5) is 2.29. The van der Waals surface area contributed by atoms with Crippen molar-refractivity contribution in [1.82, 2.24) is 15.1 Å². The second-order valence-corrected chi connectivity index (χ2v) is 5.15. The maximum Gasteiger partial charge on any atom is 0.435 e. The van der Waals surface area contributed by atoms with Crippen LogP contribution in [0.1, 0.15) is 31.4 Å². The number of hydrogen-bond donors (Lipinski definition) is 1. The molecule has 1 aromatic heterocycles. The van der Waals surface area contributed by atoms with Gasteiger partial charge in [-0.2, -0.15) is 13.2 Å². The monoisotopic (exact) mass is 288 g/mol. The maximum absolute atomic E-state index is 12.3. The summed E-state index contributed by atoms with van der Waals surface area (Å²) in [5, 5.41) is 9.71. The topological polar surface area (TPSA) is 41.0 Å². The Balaban J connectivity index is 1.76. The van der Waals surface area contributed by atoms with Crippen LogP contribution in [0.25, 0.3) is 0 Å². The van der Waals surface area contributed by atoms with Crippen molar-refractivity contribution in [2.75, 3.05) is 25.5 Å². The molecule has 112 valence electrons. The number of nitrogens with one attached hydrogen (secondary N) is 1. The molecule has 0 aromatic carbocycles. The SMILES string of the molecule is CN(CCNc1ccc(C(F)(F)F)nn1)C1CCCC1. The molecule has 0 saturated heterocycles. The Morgan fingerprint density at radius 2 is 1.95 bits per heavy atom. The van der Waals surface area contributed by atoms with Crippen LogP contribution in [0.15, 0.2) is 12.1 Å². The number of rotatable bonds is 5. The van der Waals surface area contributed by atoms with Crippen LogP contribution in [0.3, 0.4) is 0 Å². The number of hydrogen-bond acceptors (Lipinski definition) is 4. The Kier molecular flexibility index (Phi) is 4.80. The van der Waals surface area contributed by atoms with Gasteiger partial charge in [0.25, 0.3) is 0 Å². The lowest BCUT2D eigenvalue weighted by Crippen LogP contribution is -2.33. The van der Waals surface area contributed by atoms with Gasteiger partial charge in [-0.05, 0) is 32.0 Å². The molecule has 0 amide bonds. The third kappa shape index (κ3) is 4.06. The minimum atomic E-state index is -4.44. The van der Waals surface area contributed by atoms with E-state index in [1.165, 1.54) is 31.7 Å². The predicted octanol–water partition coefficient (Wildman–Crippen LogP) is 2.78. The maximum atomic E-state index is 12.3. The zero-order valence-electron chi connectivity index (χ0n) is 11.5. The van der Waals surface area contributed by atoms with E-state index in [9.17, 15) is 13.2 Å². The number of likely N-dealkylation sites (N-methyl/N-ethyl adjacent to an activating group) is 1. The quantitative estimate of drug-likeness (QED) is 0.904. The molecule has 1 aromatic rings. The molecule has 2 rings (SSSR count). The Bertz CT molecular complexity index is 413. The van der Waals surface area contributed by atoms with Crippen molar-refractivity contribution in [3.05, 3.63) is 17.8 Å². The molecule has 7 heteroatoms. The number of aromatic nitrogens is 2. The molecule has 0 radical (unpaired) electrons. The predicted molar refractivity (Wildman–Crippen MR) is 70.4 cm³/mol. The average molecular weight is 288 g/mol. The average Bonchev–Trinajstić information content (AvgIpc) is 2.92. The molecule has 1 aliphatic rings. The number of halogens is 3. The van der Waals surface area contributed by atoms with E-state index >= 15 is 0 Å². The summed E-state index contributed by atoms with van der Waals surface area (Å²) < 4.78 is 37.0. The fourth-order valence-electron chi connectivity index (χ4n) is 2.47. The summed E-state index contributed by atoms with van der Waals surface area (Å²) in [6.45, 7) is 1.49. The number of anilines is 1. The van der Waals surface area contributed by atoms with Gasteiger partial charge >= 0.3 is 6.18 Å². The van der Waals surface area contributed by atoms with Gasteiger partial charge in [0.1, 0.15) is 5.82 Å². The van der Waals surface area contributed by atoms with E-state index in [-0.39, 0.29) is 0 Å². The standard InChI is InChI=1S/C13H19F3N4/c1-20(10-4-2-3-5-10)9-8-17-12-7-6-11(18-19-12)13(14,15)16/h6-7,10H,2-5,8-9H2,1H3,(H,17,19). The molecule has 4 nitrogen and oxygen atoms in total. The molecular weight excluding hydrogens is 269 g/mol. The third-order valence-corrected chi connectivity index (χ3v) is 3.67.